The SMILES string of the molecule is CC=NC(=N)C(=O)N1CCN(C)CC1(C)C.CCC.CSc1cccc(C=O)c1.Cc1ccccc1. The summed E-state index contributed by atoms with van der Waals surface area (Å²) in [6.45, 7) is 14.4. The molecule has 198 valence electrons. The molecule has 2 aromatic rings. The minimum Gasteiger partial charge on any atom is -0.328 e. The van der Waals surface area contributed by atoms with Gasteiger partial charge in [-0.25, -0.2) is 4.99 Å². The van der Waals surface area contributed by atoms with E-state index in [4.69, 9.17) is 5.41 Å². The fourth-order valence-electron chi connectivity index (χ4n) is 3.34. The summed E-state index contributed by atoms with van der Waals surface area (Å²) in [6, 6.07) is 17.8. The van der Waals surface area contributed by atoms with Gasteiger partial charge in [-0.2, -0.15) is 0 Å². The van der Waals surface area contributed by atoms with Crippen LogP contribution in [0.3, 0.4) is 0 Å². The van der Waals surface area contributed by atoms with E-state index in [9.17, 15) is 9.59 Å². The fourth-order valence-corrected chi connectivity index (χ4v) is 3.80. The number of thioether (sulfide) groups is 1. The highest BCUT2D eigenvalue weighted by atomic mass is 32.2. The third kappa shape index (κ3) is 13.4. The maximum absolute atomic E-state index is 12.0. The molecule has 1 aliphatic heterocycles. The van der Waals surface area contributed by atoms with Crippen molar-refractivity contribution < 1.29 is 9.59 Å². The predicted octanol–water partition coefficient (Wildman–Crippen LogP) is 6.24. The van der Waals surface area contributed by atoms with Crippen molar-refractivity contribution in [1.82, 2.24) is 9.80 Å². The molecule has 1 fully saturated rings. The van der Waals surface area contributed by atoms with Crippen LogP contribution in [0.1, 0.15) is 57.0 Å². The van der Waals surface area contributed by atoms with Gasteiger partial charge >= 0.3 is 0 Å². The van der Waals surface area contributed by atoms with Gasteiger partial charge in [-0.05, 0) is 53.1 Å². The number of carbonyl (C=O) groups is 2. The summed E-state index contributed by atoms with van der Waals surface area (Å²) in [4.78, 5) is 31.0. The number of amides is 1. The van der Waals surface area contributed by atoms with Crippen molar-refractivity contribution in [2.24, 2.45) is 4.99 Å². The number of aliphatic imine (C=N–C) groups is 1. The monoisotopic (exact) mass is 512 g/mol. The normalized spacial score (nSPS) is 14.3. The highest BCUT2D eigenvalue weighted by Crippen LogP contribution is 2.20. The highest BCUT2D eigenvalue weighted by Gasteiger charge is 2.36. The Labute approximate surface area is 222 Å². The number of aldehydes is 1. The second-order valence-corrected chi connectivity index (χ2v) is 9.88. The molecular formula is C29H44N4O2S. The number of benzene rings is 2. The first-order chi connectivity index (χ1) is 17.1. The van der Waals surface area contributed by atoms with Crippen molar-refractivity contribution in [2.75, 3.05) is 32.9 Å². The average molecular weight is 513 g/mol. The molecule has 1 N–H and O–H groups in total. The zero-order valence-electron chi connectivity index (χ0n) is 23.2. The number of piperazine rings is 1. The molecular weight excluding hydrogens is 468 g/mol. The van der Waals surface area contributed by atoms with Gasteiger partial charge < -0.3 is 9.80 Å². The van der Waals surface area contributed by atoms with E-state index in [0.29, 0.717) is 6.54 Å². The van der Waals surface area contributed by atoms with Crippen molar-refractivity contribution in [2.45, 2.75) is 58.4 Å². The lowest BCUT2D eigenvalue weighted by Crippen LogP contribution is -2.61. The number of hydrogen-bond donors (Lipinski definition) is 1. The molecule has 1 saturated heterocycles. The molecule has 0 atom stereocenters. The molecule has 1 aliphatic rings. The van der Waals surface area contributed by atoms with Crippen LogP contribution >= 0.6 is 11.8 Å². The van der Waals surface area contributed by atoms with Crippen LogP contribution in [0, 0.1) is 12.3 Å². The van der Waals surface area contributed by atoms with Crippen LogP contribution in [0.4, 0.5) is 0 Å². The quantitative estimate of drug-likeness (QED) is 0.224. The summed E-state index contributed by atoms with van der Waals surface area (Å²) < 4.78 is 0. The van der Waals surface area contributed by atoms with E-state index in [1.165, 1.54) is 18.2 Å². The topological polar surface area (TPSA) is 76.8 Å². The number of nitrogens with zero attached hydrogens (tertiary/aromatic N) is 3. The van der Waals surface area contributed by atoms with Crippen LogP contribution in [0.2, 0.25) is 0 Å². The Balaban J connectivity index is 0.000000520. The molecule has 0 unspecified atom stereocenters. The second kappa shape index (κ2) is 18.5. The maximum atomic E-state index is 12.0. The van der Waals surface area contributed by atoms with Crippen molar-refractivity contribution in [3.05, 3.63) is 65.7 Å². The average Bonchev–Trinajstić information content (AvgIpc) is 2.85. The van der Waals surface area contributed by atoms with Crippen molar-refractivity contribution in [3.63, 3.8) is 0 Å². The van der Waals surface area contributed by atoms with Crippen LogP contribution in [-0.2, 0) is 4.79 Å². The molecule has 1 amide bonds. The van der Waals surface area contributed by atoms with Gasteiger partial charge in [0.1, 0.15) is 6.29 Å². The lowest BCUT2D eigenvalue weighted by atomic mass is 9.99. The van der Waals surface area contributed by atoms with E-state index < -0.39 is 0 Å². The first-order valence-electron chi connectivity index (χ1n) is 12.2. The molecule has 0 aliphatic carbocycles. The lowest BCUT2D eigenvalue weighted by molar-refractivity contribution is -0.132. The Morgan fingerprint density at radius 1 is 1.11 bits per heavy atom. The third-order valence-corrected chi connectivity index (χ3v) is 5.69. The second-order valence-electron chi connectivity index (χ2n) is 9.00. The van der Waals surface area contributed by atoms with Gasteiger partial charge in [0.2, 0.25) is 5.84 Å². The first kappa shape index (κ1) is 33.2. The van der Waals surface area contributed by atoms with Crippen molar-refractivity contribution in [3.8, 4) is 0 Å². The van der Waals surface area contributed by atoms with E-state index in [1.807, 2.05) is 63.5 Å². The largest absolute Gasteiger partial charge is 0.328 e. The molecule has 36 heavy (non-hydrogen) atoms. The van der Waals surface area contributed by atoms with E-state index in [0.717, 1.165) is 29.8 Å². The standard InChI is InChI=1S/C11H20N4O.C8H8OS.C7H8.C3H8/c1-5-13-9(12)10(16)15-7-6-14(4)8-11(15,2)3;1-10-8-4-2-3-7(5-8)6-9;1-7-5-3-2-4-6-7;1-3-2/h5,12H,6-8H2,1-4H3;2-6H,1H3;2-6H,1H3;3H2,1-2H3. The Morgan fingerprint density at radius 3 is 2.17 bits per heavy atom. The highest BCUT2D eigenvalue weighted by molar-refractivity contribution is 7.98. The van der Waals surface area contributed by atoms with E-state index in [1.54, 1.807) is 29.7 Å². The van der Waals surface area contributed by atoms with E-state index in [-0.39, 0.29) is 17.3 Å². The van der Waals surface area contributed by atoms with Gasteiger partial charge in [-0.1, -0.05) is 68.3 Å². The minimum atomic E-state index is -0.281. The van der Waals surface area contributed by atoms with E-state index >= 15 is 0 Å². The number of carbonyl (C=O) groups excluding carboxylic acids is 2. The summed E-state index contributed by atoms with van der Waals surface area (Å²) in [7, 11) is 2.04. The number of nitrogens with one attached hydrogen (secondary N) is 1. The van der Waals surface area contributed by atoms with Crippen molar-refractivity contribution in [1.29, 1.82) is 5.41 Å². The molecule has 1 heterocycles. The van der Waals surface area contributed by atoms with Gasteiger partial charge in [0.25, 0.3) is 5.91 Å². The smallest absolute Gasteiger partial charge is 0.291 e. The summed E-state index contributed by atoms with van der Waals surface area (Å²) >= 11 is 1.64. The number of hydrogen-bond acceptors (Lipinski definition) is 5. The van der Waals surface area contributed by atoms with Gasteiger partial charge in [-0.3, -0.25) is 15.0 Å². The molecule has 2 aromatic carbocycles. The van der Waals surface area contributed by atoms with Crippen LogP contribution < -0.4 is 0 Å². The van der Waals surface area contributed by atoms with Gasteiger partial charge in [0.15, 0.2) is 0 Å². The van der Waals surface area contributed by atoms with Crippen LogP contribution in [0.25, 0.3) is 0 Å². The predicted molar refractivity (Wildman–Crippen MR) is 156 cm³/mol. The summed E-state index contributed by atoms with van der Waals surface area (Å²) in [5, 5.41) is 7.56. The molecule has 6 nitrogen and oxygen atoms in total. The molecule has 7 heteroatoms. The minimum absolute atomic E-state index is 0.180. The van der Waals surface area contributed by atoms with Crippen molar-refractivity contribution >= 4 is 36.0 Å². The summed E-state index contributed by atoms with van der Waals surface area (Å²) in [6.07, 6.45) is 5.58. The Kier molecular flexibility index (Phi) is 17.1. The Bertz CT molecular complexity index is 945. The van der Waals surface area contributed by atoms with Crippen LogP contribution in [-0.4, -0.2) is 72.5 Å². The molecule has 0 saturated carbocycles. The van der Waals surface area contributed by atoms with Gasteiger partial charge in [-0.15, -0.1) is 11.8 Å². The first-order valence-corrected chi connectivity index (χ1v) is 13.5. The maximum Gasteiger partial charge on any atom is 0.291 e. The summed E-state index contributed by atoms with van der Waals surface area (Å²) in [5.74, 6) is -0.462. The molecule has 0 bridgehead atoms. The number of rotatable bonds is 2. The van der Waals surface area contributed by atoms with Gasteiger partial charge in [0.05, 0.1) is 5.54 Å². The van der Waals surface area contributed by atoms with Crippen LogP contribution in [0.5, 0.6) is 0 Å². The third-order valence-electron chi connectivity index (χ3n) is 4.97. The zero-order valence-corrected chi connectivity index (χ0v) is 24.1. The molecule has 0 aromatic heterocycles. The zero-order chi connectivity index (χ0) is 27.6. The summed E-state index contributed by atoms with van der Waals surface area (Å²) in [5.41, 5.74) is 1.83. The van der Waals surface area contributed by atoms with Gasteiger partial charge in [0, 0.05) is 36.3 Å². The molecule has 3 rings (SSSR count). The Hall–Kier alpha value is -2.77. The molecule has 0 spiro atoms. The Morgan fingerprint density at radius 2 is 1.72 bits per heavy atom. The lowest BCUT2D eigenvalue weighted by Gasteiger charge is -2.45. The number of likely N-dealkylation sites (N-methyl/N-ethyl adjacent to an activating group) is 1. The fraction of sp³-hybridized carbons (Fsp3) is 0.448. The number of aryl methyl sites for hydroxylation is 1. The molecule has 0 radical (unpaired) electrons. The van der Waals surface area contributed by atoms with E-state index in [2.05, 4.69) is 42.8 Å². The van der Waals surface area contributed by atoms with Crippen LogP contribution in [0.15, 0.2) is 64.5 Å². The number of amidine groups is 1.